The molecule has 0 aliphatic carbocycles. The molecule has 0 radical (unpaired) electrons. The molecule has 1 saturated heterocycles. The number of ether oxygens (including phenoxy) is 2. The number of rotatable bonds is 7. The lowest BCUT2D eigenvalue weighted by Gasteiger charge is -2.29. The topological polar surface area (TPSA) is 72.2 Å². The first-order valence-corrected chi connectivity index (χ1v) is 12.5. The number of halogens is 1. The molecule has 0 unspecified atom stereocenters. The zero-order valence-electron chi connectivity index (χ0n) is 19.1. The van der Waals surface area contributed by atoms with Crippen LogP contribution >= 0.6 is 15.9 Å². The predicted molar refractivity (Wildman–Crippen MR) is 133 cm³/mol. The van der Waals surface area contributed by atoms with Gasteiger partial charge in [-0.1, -0.05) is 28.1 Å². The van der Waals surface area contributed by atoms with Crippen molar-refractivity contribution in [2.75, 3.05) is 46.0 Å². The SMILES string of the molecule is CCOc1ccc([C@@H]2c3c(oc4ccc(Br)cc4c3=O)C(=O)N2CCCN2CCOCC2)cc1. The molecule has 2 aliphatic rings. The molecule has 1 amide bonds. The second-order valence-electron chi connectivity index (χ2n) is 8.53. The van der Waals surface area contributed by atoms with E-state index in [1.165, 1.54) is 0 Å². The maximum Gasteiger partial charge on any atom is 0.290 e. The minimum Gasteiger partial charge on any atom is -0.494 e. The molecule has 3 aromatic rings. The first kappa shape index (κ1) is 23.1. The Hall–Kier alpha value is -2.68. The van der Waals surface area contributed by atoms with Gasteiger partial charge in [-0.3, -0.25) is 14.5 Å². The molecule has 1 atom stereocenters. The van der Waals surface area contributed by atoms with Gasteiger partial charge in [-0.25, -0.2) is 0 Å². The summed E-state index contributed by atoms with van der Waals surface area (Å²) in [6.45, 7) is 7.18. The van der Waals surface area contributed by atoms with Crippen molar-refractivity contribution in [2.45, 2.75) is 19.4 Å². The van der Waals surface area contributed by atoms with E-state index >= 15 is 0 Å². The lowest BCUT2D eigenvalue weighted by Crippen LogP contribution is -2.38. The van der Waals surface area contributed by atoms with Crippen LogP contribution in [-0.4, -0.2) is 61.7 Å². The fraction of sp³-hybridized carbons (Fsp3) is 0.385. The first-order chi connectivity index (χ1) is 16.6. The normalized spacial score (nSPS) is 18.5. The van der Waals surface area contributed by atoms with Gasteiger partial charge in [0.25, 0.3) is 5.91 Å². The molecule has 3 heterocycles. The Bertz CT molecular complexity index is 1250. The third-order valence-corrected chi connectivity index (χ3v) is 6.90. The minimum absolute atomic E-state index is 0.144. The quantitative estimate of drug-likeness (QED) is 0.458. The van der Waals surface area contributed by atoms with Crippen LogP contribution in [0.25, 0.3) is 11.0 Å². The van der Waals surface area contributed by atoms with Crippen LogP contribution < -0.4 is 10.2 Å². The van der Waals surface area contributed by atoms with Crippen molar-refractivity contribution in [2.24, 2.45) is 0 Å². The lowest BCUT2D eigenvalue weighted by atomic mass is 9.98. The van der Waals surface area contributed by atoms with E-state index in [1.807, 2.05) is 31.2 Å². The summed E-state index contributed by atoms with van der Waals surface area (Å²) in [5.74, 6) is 0.659. The van der Waals surface area contributed by atoms with Gasteiger partial charge < -0.3 is 18.8 Å². The second-order valence-corrected chi connectivity index (χ2v) is 9.44. The summed E-state index contributed by atoms with van der Waals surface area (Å²) in [5.41, 5.74) is 1.52. The van der Waals surface area contributed by atoms with Gasteiger partial charge in [0.15, 0.2) is 5.43 Å². The molecule has 1 aromatic heterocycles. The smallest absolute Gasteiger partial charge is 0.290 e. The molecule has 0 bridgehead atoms. The van der Waals surface area contributed by atoms with Crippen LogP contribution in [0.5, 0.6) is 5.75 Å². The third-order valence-electron chi connectivity index (χ3n) is 6.41. The molecule has 1 fully saturated rings. The highest BCUT2D eigenvalue weighted by Gasteiger charge is 2.42. The van der Waals surface area contributed by atoms with Crippen LogP contribution in [0.4, 0.5) is 0 Å². The molecule has 2 aliphatic heterocycles. The van der Waals surface area contributed by atoms with Crippen molar-refractivity contribution >= 4 is 32.8 Å². The molecule has 5 rings (SSSR count). The fourth-order valence-electron chi connectivity index (χ4n) is 4.77. The van der Waals surface area contributed by atoms with E-state index in [4.69, 9.17) is 13.9 Å². The number of amides is 1. The van der Waals surface area contributed by atoms with Gasteiger partial charge in [0, 0.05) is 30.7 Å². The van der Waals surface area contributed by atoms with Crippen molar-refractivity contribution in [1.82, 2.24) is 9.80 Å². The number of morpholine rings is 1. The molecule has 7 nitrogen and oxygen atoms in total. The van der Waals surface area contributed by atoms with E-state index in [2.05, 4.69) is 20.8 Å². The molecule has 0 N–H and O–H groups in total. The lowest BCUT2D eigenvalue weighted by molar-refractivity contribution is 0.0353. The zero-order chi connectivity index (χ0) is 23.7. The standard InChI is InChI=1S/C26H27BrN2O5/c1-2-33-19-7-4-17(5-8-19)23-22-24(30)20-16-18(27)6-9-21(20)34-25(22)26(31)29(23)11-3-10-28-12-14-32-15-13-28/h4-9,16,23H,2-3,10-15H2,1H3/t23-/m1/s1. The summed E-state index contributed by atoms with van der Waals surface area (Å²) in [6, 6.07) is 12.4. The van der Waals surface area contributed by atoms with Gasteiger partial charge in [0.1, 0.15) is 11.3 Å². The number of carbonyl (C=O) groups excluding carboxylic acids is 1. The first-order valence-electron chi connectivity index (χ1n) is 11.7. The van der Waals surface area contributed by atoms with Gasteiger partial charge in [-0.15, -0.1) is 0 Å². The Kier molecular flexibility index (Phi) is 6.72. The molecule has 0 spiro atoms. The molecule has 34 heavy (non-hydrogen) atoms. The molecular formula is C26H27BrN2O5. The van der Waals surface area contributed by atoms with E-state index < -0.39 is 6.04 Å². The summed E-state index contributed by atoms with van der Waals surface area (Å²) >= 11 is 3.44. The van der Waals surface area contributed by atoms with E-state index in [0.717, 1.165) is 55.1 Å². The molecule has 2 aromatic carbocycles. The van der Waals surface area contributed by atoms with Crippen LogP contribution in [-0.2, 0) is 4.74 Å². The number of benzene rings is 2. The average Bonchev–Trinajstić information content (AvgIpc) is 3.13. The number of hydrogen-bond acceptors (Lipinski definition) is 6. The Balaban J connectivity index is 1.52. The number of nitrogens with zero attached hydrogens (tertiary/aromatic N) is 2. The minimum atomic E-state index is -0.498. The van der Waals surface area contributed by atoms with Crippen molar-refractivity contribution in [3.05, 3.63) is 74.0 Å². The Morgan fingerprint density at radius 1 is 1.06 bits per heavy atom. The fourth-order valence-corrected chi connectivity index (χ4v) is 5.13. The van der Waals surface area contributed by atoms with Crippen LogP contribution in [0.15, 0.2) is 56.1 Å². The van der Waals surface area contributed by atoms with Gasteiger partial charge in [-0.05, 0) is 49.2 Å². The number of hydrogen-bond donors (Lipinski definition) is 0. The summed E-state index contributed by atoms with van der Waals surface area (Å²) < 4.78 is 17.8. The van der Waals surface area contributed by atoms with Crippen molar-refractivity contribution in [3.8, 4) is 5.75 Å². The predicted octanol–water partition coefficient (Wildman–Crippen LogP) is 4.22. The van der Waals surface area contributed by atoms with Crippen LogP contribution in [0, 0.1) is 0 Å². The highest BCUT2D eigenvalue weighted by molar-refractivity contribution is 9.10. The molecular weight excluding hydrogens is 500 g/mol. The maximum atomic E-state index is 13.6. The van der Waals surface area contributed by atoms with E-state index in [0.29, 0.717) is 29.7 Å². The van der Waals surface area contributed by atoms with Crippen LogP contribution in [0.3, 0.4) is 0 Å². The zero-order valence-corrected chi connectivity index (χ0v) is 20.7. The van der Waals surface area contributed by atoms with E-state index in [9.17, 15) is 9.59 Å². The van der Waals surface area contributed by atoms with Crippen LogP contribution in [0.2, 0.25) is 0 Å². The molecule has 0 saturated carbocycles. The molecule has 178 valence electrons. The van der Waals surface area contributed by atoms with Crippen molar-refractivity contribution < 1.29 is 18.7 Å². The largest absolute Gasteiger partial charge is 0.494 e. The monoisotopic (exact) mass is 526 g/mol. The Morgan fingerprint density at radius 2 is 1.82 bits per heavy atom. The summed E-state index contributed by atoms with van der Waals surface area (Å²) in [4.78, 5) is 31.3. The maximum absolute atomic E-state index is 13.6. The van der Waals surface area contributed by atoms with Gasteiger partial charge in [-0.2, -0.15) is 0 Å². The molecule has 8 heteroatoms. The summed E-state index contributed by atoms with van der Waals surface area (Å²) in [6.07, 6.45) is 0.798. The number of carbonyl (C=O) groups is 1. The van der Waals surface area contributed by atoms with Gasteiger partial charge in [0.05, 0.1) is 36.8 Å². The average molecular weight is 527 g/mol. The second kappa shape index (κ2) is 9.90. The van der Waals surface area contributed by atoms with E-state index in [-0.39, 0.29) is 17.1 Å². The highest BCUT2D eigenvalue weighted by atomic mass is 79.9. The van der Waals surface area contributed by atoms with E-state index in [1.54, 1.807) is 23.1 Å². The Morgan fingerprint density at radius 3 is 2.56 bits per heavy atom. The Labute approximate surface area is 206 Å². The van der Waals surface area contributed by atoms with Gasteiger partial charge >= 0.3 is 0 Å². The summed E-state index contributed by atoms with van der Waals surface area (Å²) in [7, 11) is 0. The van der Waals surface area contributed by atoms with Crippen molar-refractivity contribution in [3.63, 3.8) is 0 Å². The van der Waals surface area contributed by atoms with Crippen molar-refractivity contribution in [1.29, 1.82) is 0 Å². The highest BCUT2D eigenvalue weighted by Crippen LogP contribution is 2.39. The summed E-state index contributed by atoms with van der Waals surface area (Å²) in [5, 5.41) is 0.465. The van der Waals surface area contributed by atoms with Crippen LogP contribution in [0.1, 0.15) is 41.1 Å². The third kappa shape index (κ3) is 4.37. The number of fused-ring (bicyclic) bond motifs is 2. The van der Waals surface area contributed by atoms with Gasteiger partial charge in [0.2, 0.25) is 5.76 Å².